The van der Waals surface area contributed by atoms with Gasteiger partial charge in [0.25, 0.3) is 0 Å². The zero-order valence-electron chi connectivity index (χ0n) is 28.1. The summed E-state index contributed by atoms with van der Waals surface area (Å²) in [4.78, 5) is 0. The molecule has 0 aromatic heterocycles. The van der Waals surface area contributed by atoms with Crippen LogP contribution in [0.5, 0.6) is 0 Å². The standard InChI is InChI=1S/C40H52ClP/c1-37(2,3)29-21-13-17-25-33(29)42(41,34-26-18-14-22-30(34)38(4,5)6,35-27-19-15-23-31(35)39(7,8)9)36-28-20-16-24-32(36)40(10,11)12/h13-28H,1-12H3. The quantitative estimate of drug-likeness (QED) is 0.205. The summed E-state index contributed by atoms with van der Waals surface area (Å²) in [6.45, 7) is 27.9. The summed E-state index contributed by atoms with van der Waals surface area (Å²) in [7, 11) is 0. The minimum atomic E-state index is -4.00. The monoisotopic (exact) mass is 598 g/mol. The van der Waals surface area contributed by atoms with Crippen LogP contribution >= 0.6 is 17.2 Å². The van der Waals surface area contributed by atoms with Crippen LogP contribution in [-0.4, -0.2) is 0 Å². The van der Waals surface area contributed by atoms with Crippen LogP contribution in [0.3, 0.4) is 0 Å². The SMILES string of the molecule is CC(C)(C)c1ccccc1P(Cl)(c1ccccc1C(C)(C)C)(c1ccccc1C(C)(C)C)c1ccccc1C(C)(C)C. The van der Waals surface area contributed by atoms with Crippen LogP contribution in [0.25, 0.3) is 0 Å². The molecule has 224 valence electrons. The second kappa shape index (κ2) is 10.6. The van der Waals surface area contributed by atoms with Crippen molar-refractivity contribution in [2.45, 2.75) is 105 Å². The Kier molecular flexibility index (Phi) is 8.24. The number of benzene rings is 4. The van der Waals surface area contributed by atoms with Crippen molar-refractivity contribution in [3.8, 4) is 0 Å². The molecule has 4 rings (SSSR count). The fourth-order valence-corrected chi connectivity index (χ4v) is 14.9. The fraction of sp³-hybridized carbons (Fsp3) is 0.400. The second-order valence-corrected chi connectivity index (χ2v) is 22.1. The molecule has 0 fully saturated rings. The molecule has 0 aliphatic rings. The van der Waals surface area contributed by atoms with Gasteiger partial charge in [-0.1, -0.05) is 0 Å². The van der Waals surface area contributed by atoms with Gasteiger partial charge in [0.2, 0.25) is 0 Å². The molecule has 4 aromatic rings. The van der Waals surface area contributed by atoms with E-state index in [4.69, 9.17) is 0 Å². The van der Waals surface area contributed by atoms with Crippen molar-refractivity contribution in [2.24, 2.45) is 0 Å². The zero-order chi connectivity index (χ0) is 31.4. The predicted molar refractivity (Wildman–Crippen MR) is 192 cm³/mol. The van der Waals surface area contributed by atoms with Gasteiger partial charge in [-0.05, 0) is 0 Å². The third-order valence-electron chi connectivity index (χ3n) is 8.66. The molecular formula is C40H52ClP. The van der Waals surface area contributed by atoms with Crippen molar-refractivity contribution in [2.75, 3.05) is 0 Å². The molecule has 0 spiro atoms. The van der Waals surface area contributed by atoms with E-state index in [1.807, 2.05) is 0 Å². The molecule has 42 heavy (non-hydrogen) atoms. The van der Waals surface area contributed by atoms with Crippen LogP contribution in [0.15, 0.2) is 97.1 Å². The number of rotatable bonds is 4. The Balaban J connectivity index is 2.54. The first-order valence-electron chi connectivity index (χ1n) is 15.4. The van der Waals surface area contributed by atoms with Crippen LogP contribution in [0.1, 0.15) is 105 Å². The van der Waals surface area contributed by atoms with Gasteiger partial charge < -0.3 is 0 Å². The first kappa shape index (κ1) is 32.5. The van der Waals surface area contributed by atoms with Crippen LogP contribution in [0.2, 0.25) is 0 Å². The van der Waals surface area contributed by atoms with Crippen LogP contribution in [-0.2, 0) is 21.7 Å². The van der Waals surface area contributed by atoms with Crippen molar-refractivity contribution >= 4 is 38.4 Å². The summed E-state index contributed by atoms with van der Waals surface area (Å²) in [5.41, 5.74) is 4.69. The summed E-state index contributed by atoms with van der Waals surface area (Å²) >= 11 is 9.27. The fourth-order valence-electron chi connectivity index (χ4n) is 6.67. The van der Waals surface area contributed by atoms with Crippen LogP contribution < -0.4 is 21.2 Å². The van der Waals surface area contributed by atoms with Crippen molar-refractivity contribution in [1.82, 2.24) is 0 Å². The van der Waals surface area contributed by atoms with E-state index in [0.29, 0.717) is 0 Å². The molecule has 0 aliphatic carbocycles. The maximum atomic E-state index is 9.27. The van der Waals surface area contributed by atoms with Crippen molar-refractivity contribution in [1.29, 1.82) is 0 Å². The summed E-state index contributed by atoms with van der Waals surface area (Å²) in [5.74, 6) is -4.00. The molecule has 0 aliphatic heterocycles. The van der Waals surface area contributed by atoms with E-state index in [1.165, 1.54) is 43.5 Å². The third-order valence-corrected chi connectivity index (χ3v) is 16.0. The maximum absolute atomic E-state index is 9.27. The molecule has 0 unspecified atom stereocenters. The van der Waals surface area contributed by atoms with E-state index in [0.717, 1.165) is 0 Å². The minimum absolute atomic E-state index is 0.126. The zero-order valence-corrected chi connectivity index (χ0v) is 29.7. The van der Waals surface area contributed by atoms with Crippen molar-refractivity contribution in [3.63, 3.8) is 0 Å². The van der Waals surface area contributed by atoms with E-state index < -0.39 is 5.96 Å². The molecule has 0 radical (unpaired) electrons. The molecule has 0 heterocycles. The third kappa shape index (κ3) is 5.29. The summed E-state index contributed by atoms with van der Waals surface area (Å²) < 4.78 is 0. The van der Waals surface area contributed by atoms with Gasteiger partial charge in [0.05, 0.1) is 0 Å². The molecule has 2 heteroatoms. The molecule has 0 amide bonds. The first-order valence-corrected chi connectivity index (χ1v) is 18.5. The molecule has 0 N–H and O–H groups in total. The van der Waals surface area contributed by atoms with Crippen LogP contribution in [0, 0.1) is 0 Å². The van der Waals surface area contributed by atoms with E-state index in [1.54, 1.807) is 0 Å². The molecular weight excluding hydrogens is 547 g/mol. The van der Waals surface area contributed by atoms with Gasteiger partial charge in [-0.3, -0.25) is 0 Å². The average Bonchev–Trinajstić information content (AvgIpc) is 2.91. The summed E-state index contributed by atoms with van der Waals surface area (Å²) in [6.07, 6.45) is 0. The van der Waals surface area contributed by atoms with E-state index in [2.05, 4.69) is 180 Å². The van der Waals surface area contributed by atoms with Gasteiger partial charge in [-0.25, -0.2) is 0 Å². The summed E-state index contributed by atoms with van der Waals surface area (Å²) in [6, 6.07) is 36.2. The molecule has 0 saturated heterocycles. The number of hydrogen-bond acceptors (Lipinski definition) is 0. The first-order chi connectivity index (χ1) is 19.2. The Hall–Kier alpha value is -2.40. The Morgan fingerprint density at radius 1 is 0.333 bits per heavy atom. The second-order valence-electron chi connectivity index (χ2n) is 16.1. The van der Waals surface area contributed by atoms with E-state index >= 15 is 0 Å². The Labute approximate surface area is 261 Å². The van der Waals surface area contributed by atoms with E-state index in [-0.39, 0.29) is 21.7 Å². The summed E-state index contributed by atoms with van der Waals surface area (Å²) in [5, 5.41) is 5.01. The molecule has 0 bridgehead atoms. The Morgan fingerprint density at radius 2 is 0.500 bits per heavy atom. The number of halogens is 1. The molecule has 0 nitrogen and oxygen atoms in total. The number of hydrogen-bond donors (Lipinski definition) is 0. The Bertz CT molecular complexity index is 1340. The average molecular weight is 599 g/mol. The Morgan fingerprint density at radius 3 is 0.667 bits per heavy atom. The van der Waals surface area contributed by atoms with Crippen molar-refractivity contribution < 1.29 is 0 Å². The van der Waals surface area contributed by atoms with Gasteiger partial charge in [0.15, 0.2) is 0 Å². The van der Waals surface area contributed by atoms with Crippen LogP contribution in [0.4, 0.5) is 0 Å². The van der Waals surface area contributed by atoms with Gasteiger partial charge >= 0.3 is 262 Å². The normalized spacial score (nSPS) is 14.4. The topological polar surface area (TPSA) is 0 Å². The van der Waals surface area contributed by atoms with E-state index in [9.17, 15) is 11.2 Å². The van der Waals surface area contributed by atoms with Gasteiger partial charge in [-0.2, -0.15) is 0 Å². The molecule has 4 aromatic carbocycles. The van der Waals surface area contributed by atoms with Crippen molar-refractivity contribution in [3.05, 3.63) is 119 Å². The van der Waals surface area contributed by atoms with Gasteiger partial charge in [0, 0.05) is 0 Å². The predicted octanol–water partition coefficient (Wildman–Crippen LogP) is 10.2. The molecule has 0 atom stereocenters. The van der Waals surface area contributed by atoms with Gasteiger partial charge in [-0.15, -0.1) is 0 Å². The van der Waals surface area contributed by atoms with Gasteiger partial charge in [0.1, 0.15) is 0 Å². The molecule has 0 saturated carbocycles.